The highest BCUT2D eigenvalue weighted by Crippen LogP contribution is 2.67. The first-order chi connectivity index (χ1) is 7.56. The smallest absolute Gasteiger partial charge is 0.256 e. The van der Waals surface area contributed by atoms with Crippen LogP contribution in [-0.2, 0) is 4.74 Å². The van der Waals surface area contributed by atoms with Crippen molar-refractivity contribution in [2.24, 2.45) is 4.74 Å². The normalized spacial score (nSPS) is 20.4. The summed E-state index contributed by atoms with van der Waals surface area (Å²) in [5, 5.41) is 0. The predicted octanol–water partition coefficient (Wildman–Crippen LogP) is 5.24. The van der Waals surface area contributed by atoms with Crippen molar-refractivity contribution in [2.45, 2.75) is 8.25 Å². The molecule has 1 aliphatic rings. The van der Waals surface area contributed by atoms with Crippen molar-refractivity contribution in [3.63, 3.8) is 0 Å². The van der Waals surface area contributed by atoms with E-state index < -0.39 is 14.2 Å². The number of halogens is 7. The number of ether oxygens (including phenoxy) is 1. The van der Waals surface area contributed by atoms with E-state index in [1.165, 1.54) is 0 Å². The Kier molecular flexibility index (Phi) is 6.39. The Labute approximate surface area is 134 Å². The first-order valence-corrected chi connectivity index (χ1v) is 9.76. The molecule has 1 rings (SSSR count). The Balaban J connectivity index is 2.95. The molecule has 0 aromatic carbocycles. The summed E-state index contributed by atoms with van der Waals surface area (Å²) >= 11 is 40.7. The number of nitrogens with zero attached hydrogens (tertiary/aromatic N) is 2. The molecule has 0 radical (unpaired) electrons. The van der Waals surface area contributed by atoms with Crippen LogP contribution in [-0.4, -0.2) is 39.2 Å². The highest BCUT2D eigenvalue weighted by atomic mass is 35.9. The van der Waals surface area contributed by atoms with Crippen LogP contribution < -0.4 is 0 Å². The van der Waals surface area contributed by atoms with Crippen molar-refractivity contribution >= 4 is 86.4 Å². The van der Waals surface area contributed by atoms with Crippen molar-refractivity contribution < 1.29 is 4.74 Å². The lowest BCUT2D eigenvalue weighted by molar-refractivity contribution is 0.0755. The van der Waals surface area contributed by atoms with Gasteiger partial charge < -0.3 is 4.74 Å². The summed E-state index contributed by atoms with van der Waals surface area (Å²) < 4.78 is 6.74. The fourth-order valence-electron chi connectivity index (χ4n) is 1.07. The maximum absolute atomic E-state index is 6.14. The molecule has 0 aromatic heterocycles. The minimum absolute atomic E-state index is 0.502. The summed E-state index contributed by atoms with van der Waals surface area (Å²) in [5.41, 5.74) is 0. The van der Waals surface area contributed by atoms with Crippen LogP contribution in [0.5, 0.6) is 0 Å². The molecule has 11 heteroatoms. The van der Waals surface area contributed by atoms with E-state index in [1.54, 1.807) is 4.67 Å². The second kappa shape index (κ2) is 6.30. The van der Waals surface area contributed by atoms with E-state index in [0.29, 0.717) is 26.3 Å². The van der Waals surface area contributed by atoms with Gasteiger partial charge in [-0.2, -0.15) is 0 Å². The van der Waals surface area contributed by atoms with E-state index in [2.05, 4.69) is 4.74 Å². The summed E-state index contributed by atoms with van der Waals surface area (Å²) in [4.78, 5) is 0. The Morgan fingerprint density at radius 3 is 1.88 bits per heavy atom. The Hall–Kier alpha value is 2.18. The van der Waals surface area contributed by atoms with Gasteiger partial charge in [-0.05, 0) is 22.5 Å². The average molecular weight is 403 g/mol. The third kappa shape index (κ3) is 4.90. The van der Waals surface area contributed by atoms with Gasteiger partial charge in [-0.25, -0.2) is 9.42 Å². The largest absolute Gasteiger partial charge is 0.379 e. The van der Waals surface area contributed by atoms with Gasteiger partial charge in [0.1, 0.15) is 0 Å². The zero-order valence-corrected chi connectivity index (χ0v) is 14.4. The lowest BCUT2D eigenvalue weighted by atomic mass is 10.5. The van der Waals surface area contributed by atoms with Crippen LogP contribution in [0.4, 0.5) is 0 Å². The van der Waals surface area contributed by atoms with Gasteiger partial charge in [0.2, 0.25) is 9.70 Å². The molecule has 1 saturated heterocycles. The molecule has 0 spiro atoms. The number of rotatable bonds is 2. The Bertz CT molecular complexity index is 319. The third-order valence-corrected chi connectivity index (χ3v) is 7.64. The van der Waals surface area contributed by atoms with Crippen molar-refractivity contribution in [1.29, 1.82) is 0 Å². The van der Waals surface area contributed by atoms with Crippen LogP contribution in [0.2, 0.25) is 0 Å². The molecule has 1 fully saturated rings. The zero-order valence-electron chi connectivity index (χ0n) is 8.22. The number of hydrogen-bond acceptors (Lipinski definition) is 2. The van der Waals surface area contributed by atoms with Crippen LogP contribution in [0.25, 0.3) is 0 Å². The molecule has 17 heavy (non-hydrogen) atoms. The van der Waals surface area contributed by atoms with Crippen LogP contribution in [0.15, 0.2) is 4.74 Å². The van der Waals surface area contributed by atoms with E-state index in [-0.39, 0.29) is 0 Å². The topological polar surface area (TPSA) is 24.8 Å². The van der Waals surface area contributed by atoms with Crippen LogP contribution in [0.1, 0.15) is 0 Å². The minimum Gasteiger partial charge on any atom is -0.379 e. The van der Waals surface area contributed by atoms with Crippen molar-refractivity contribution in [3.8, 4) is 0 Å². The number of morpholine rings is 1. The summed E-state index contributed by atoms with van der Waals surface area (Å²) in [6, 6.07) is 0. The maximum Gasteiger partial charge on any atom is 0.256 e. The molecule has 0 saturated carbocycles. The molecule has 0 N–H and O–H groups in total. The molecule has 1 heterocycles. The summed E-state index contributed by atoms with van der Waals surface area (Å²) in [6.07, 6.45) is 0. The summed E-state index contributed by atoms with van der Waals surface area (Å²) in [6.45, 7) is 2.05. The van der Waals surface area contributed by atoms with Gasteiger partial charge in [-0.15, -0.1) is 0 Å². The molecule has 0 aromatic rings. The zero-order chi connectivity index (χ0) is 13.3. The van der Waals surface area contributed by atoms with Crippen molar-refractivity contribution in [1.82, 2.24) is 4.67 Å². The predicted molar refractivity (Wildman–Crippen MR) is 78.2 cm³/mol. The third-order valence-electron chi connectivity index (χ3n) is 1.91. The van der Waals surface area contributed by atoms with Crippen LogP contribution in [0, 0.1) is 0 Å². The molecular formula is C6H8Cl7N2OP. The Morgan fingerprint density at radius 2 is 1.47 bits per heavy atom. The SMILES string of the molecule is ClC(Cl)(Cl)C(Cl)(Cl)N=P(Cl)(Cl)N1CCOCC1. The molecule has 3 nitrogen and oxygen atoms in total. The number of hydrogen-bond donors (Lipinski definition) is 0. The van der Waals surface area contributed by atoms with Gasteiger partial charge >= 0.3 is 0 Å². The Morgan fingerprint density at radius 1 is 1.00 bits per heavy atom. The molecule has 0 unspecified atom stereocenters. The van der Waals surface area contributed by atoms with Gasteiger partial charge in [-0.3, -0.25) is 0 Å². The van der Waals surface area contributed by atoms with Crippen LogP contribution in [0.3, 0.4) is 0 Å². The quantitative estimate of drug-likeness (QED) is 0.358. The molecular weight excluding hydrogens is 395 g/mol. The minimum atomic E-state index is -2.93. The maximum atomic E-state index is 6.14. The van der Waals surface area contributed by atoms with Gasteiger partial charge in [0.25, 0.3) is 4.46 Å². The van der Waals surface area contributed by atoms with Gasteiger partial charge in [0.05, 0.1) is 13.2 Å². The first kappa shape index (κ1) is 17.2. The first-order valence-electron chi connectivity index (χ1n) is 4.37. The van der Waals surface area contributed by atoms with Crippen LogP contribution >= 0.6 is 86.4 Å². The van der Waals surface area contributed by atoms with Gasteiger partial charge in [0, 0.05) is 13.1 Å². The average Bonchev–Trinajstić information content (AvgIpc) is 2.15. The highest BCUT2D eigenvalue weighted by molar-refractivity contribution is 8.08. The fraction of sp³-hybridized carbons (Fsp3) is 1.00. The van der Waals surface area contributed by atoms with E-state index in [4.69, 9.17) is 85.2 Å². The number of alkyl halides is 5. The standard InChI is InChI=1S/C6H8Cl7N2OP/c7-5(8,9)6(10,11)14-17(12,13)15-1-3-16-4-2-15/h1-4H2. The summed E-state index contributed by atoms with van der Waals surface area (Å²) in [5.74, 6) is -2.93. The van der Waals surface area contributed by atoms with E-state index >= 15 is 0 Å². The second-order valence-electron chi connectivity index (χ2n) is 3.16. The van der Waals surface area contributed by atoms with Gasteiger partial charge in [-0.1, -0.05) is 58.0 Å². The lowest BCUT2D eigenvalue weighted by Gasteiger charge is -2.33. The molecule has 0 amide bonds. The molecule has 0 atom stereocenters. The van der Waals surface area contributed by atoms with Crippen molar-refractivity contribution in [3.05, 3.63) is 0 Å². The second-order valence-corrected chi connectivity index (χ2v) is 11.8. The highest BCUT2D eigenvalue weighted by Gasteiger charge is 2.48. The summed E-state index contributed by atoms with van der Waals surface area (Å²) in [7, 11) is 0. The fourth-order valence-corrected chi connectivity index (χ4v) is 5.30. The molecule has 1 aliphatic heterocycles. The van der Waals surface area contributed by atoms with E-state index in [0.717, 1.165) is 0 Å². The molecule has 102 valence electrons. The van der Waals surface area contributed by atoms with Crippen molar-refractivity contribution in [2.75, 3.05) is 26.3 Å². The van der Waals surface area contributed by atoms with E-state index in [1.807, 2.05) is 0 Å². The van der Waals surface area contributed by atoms with E-state index in [9.17, 15) is 0 Å². The lowest BCUT2D eigenvalue weighted by Crippen LogP contribution is -2.33. The van der Waals surface area contributed by atoms with Gasteiger partial charge in [0.15, 0.2) is 0 Å². The monoisotopic (exact) mass is 400 g/mol. The molecule has 0 aliphatic carbocycles. The molecule has 0 bridgehead atoms.